The Kier molecular flexibility index (Phi) is 6.16. The maximum Gasteiger partial charge on any atom is 0.243 e. The largest absolute Gasteiger partial charge is 0.461 e. The first-order valence-corrected chi connectivity index (χ1v) is 12.1. The van der Waals surface area contributed by atoms with Crippen LogP contribution in [0.25, 0.3) is 11.0 Å². The molecular weight excluding hydrogens is 412 g/mol. The molecule has 0 radical (unpaired) electrons. The van der Waals surface area contributed by atoms with E-state index in [1.165, 1.54) is 4.31 Å². The number of para-hydroxylation sites is 1. The maximum absolute atomic E-state index is 13.2. The van der Waals surface area contributed by atoms with Crippen LogP contribution >= 0.6 is 0 Å². The minimum absolute atomic E-state index is 0.0275. The third-order valence-electron chi connectivity index (χ3n) is 5.99. The summed E-state index contributed by atoms with van der Waals surface area (Å²) in [5, 5.41) is 1.02. The monoisotopic (exact) mass is 440 g/mol. The van der Waals surface area contributed by atoms with Gasteiger partial charge in [-0.3, -0.25) is 4.79 Å². The van der Waals surface area contributed by atoms with Crippen LogP contribution in [-0.2, 0) is 27.8 Å². The van der Waals surface area contributed by atoms with Gasteiger partial charge in [0.15, 0.2) is 0 Å². The van der Waals surface area contributed by atoms with Crippen molar-refractivity contribution in [1.29, 1.82) is 0 Å². The van der Waals surface area contributed by atoms with Gasteiger partial charge in [-0.1, -0.05) is 43.3 Å². The Labute approximate surface area is 183 Å². The number of fused-ring (bicyclic) bond motifs is 1. The van der Waals surface area contributed by atoms with Crippen molar-refractivity contribution in [2.24, 2.45) is 5.92 Å². The smallest absolute Gasteiger partial charge is 0.243 e. The highest BCUT2D eigenvalue weighted by Gasteiger charge is 2.34. The number of hydrogen-bond donors (Lipinski definition) is 0. The van der Waals surface area contributed by atoms with Gasteiger partial charge in [-0.15, -0.1) is 0 Å². The molecule has 6 nitrogen and oxygen atoms in total. The first-order chi connectivity index (χ1) is 14.9. The first-order valence-electron chi connectivity index (χ1n) is 10.7. The van der Waals surface area contributed by atoms with Crippen LogP contribution in [0.5, 0.6) is 0 Å². The molecule has 1 aliphatic heterocycles. The van der Waals surface area contributed by atoms with Gasteiger partial charge in [-0.25, -0.2) is 8.42 Å². The number of sulfonamides is 1. The van der Waals surface area contributed by atoms with E-state index in [0.717, 1.165) is 28.7 Å². The lowest BCUT2D eigenvalue weighted by Gasteiger charge is -2.33. The summed E-state index contributed by atoms with van der Waals surface area (Å²) in [6, 6.07) is 16.3. The highest BCUT2D eigenvalue weighted by atomic mass is 32.2. The Bertz CT molecular complexity index is 1170. The SMILES string of the molecule is CCc1oc2ccccc2c1CN(C)C(=O)C1CCCN(S(=O)(=O)c2ccccc2)C1. The number of rotatable bonds is 6. The Morgan fingerprint density at radius 2 is 1.84 bits per heavy atom. The fourth-order valence-electron chi connectivity index (χ4n) is 4.34. The van der Waals surface area contributed by atoms with Crippen molar-refractivity contribution in [2.45, 2.75) is 37.6 Å². The van der Waals surface area contributed by atoms with Gasteiger partial charge in [-0.2, -0.15) is 4.31 Å². The van der Waals surface area contributed by atoms with Gasteiger partial charge in [0.1, 0.15) is 11.3 Å². The van der Waals surface area contributed by atoms with Crippen molar-refractivity contribution in [3.8, 4) is 0 Å². The second-order valence-electron chi connectivity index (χ2n) is 8.06. The molecule has 0 saturated carbocycles. The average Bonchev–Trinajstić information content (AvgIpc) is 3.16. The second-order valence-corrected chi connectivity index (χ2v) is 10.0. The van der Waals surface area contributed by atoms with Gasteiger partial charge < -0.3 is 9.32 Å². The fraction of sp³-hybridized carbons (Fsp3) is 0.375. The molecule has 1 amide bonds. The molecule has 164 valence electrons. The van der Waals surface area contributed by atoms with Gasteiger partial charge in [0.25, 0.3) is 0 Å². The van der Waals surface area contributed by atoms with Gasteiger partial charge in [0, 0.05) is 44.1 Å². The number of carbonyl (C=O) groups is 1. The molecule has 4 rings (SSSR count). The number of amides is 1. The molecule has 1 unspecified atom stereocenters. The molecule has 1 saturated heterocycles. The Hall–Kier alpha value is -2.64. The zero-order valence-electron chi connectivity index (χ0n) is 18.0. The number of benzene rings is 2. The van der Waals surface area contributed by atoms with Gasteiger partial charge in [-0.05, 0) is 31.0 Å². The molecule has 2 aromatic carbocycles. The molecule has 1 atom stereocenters. The van der Waals surface area contributed by atoms with Crippen molar-refractivity contribution in [3.63, 3.8) is 0 Å². The lowest BCUT2D eigenvalue weighted by Crippen LogP contribution is -2.45. The number of carbonyl (C=O) groups excluding carboxylic acids is 1. The summed E-state index contributed by atoms with van der Waals surface area (Å²) in [5.41, 5.74) is 1.85. The topological polar surface area (TPSA) is 70.8 Å². The van der Waals surface area contributed by atoms with Crippen LogP contribution in [0.15, 0.2) is 63.9 Å². The van der Waals surface area contributed by atoms with Crippen LogP contribution in [0.4, 0.5) is 0 Å². The summed E-state index contributed by atoms with van der Waals surface area (Å²) in [5.74, 6) is 0.513. The predicted octanol–water partition coefficient (Wildman–Crippen LogP) is 4.05. The number of hydrogen-bond acceptors (Lipinski definition) is 4. The quantitative estimate of drug-likeness (QED) is 0.580. The molecule has 7 heteroatoms. The number of nitrogens with zero attached hydrogens (tertiary/aromatic N) is 2. The number of piperidine rings is 1. The third kappa shape index (κ3) is 4.25. The molecule has 0 spiro atoms. The van der Waals surface area contributed by atoms with Gasteiger partial charge in [0.05, 0.1) is 10.8 Å². The van der Waals surface area contributed by atoms with Crippen molar-refractivity contribution >= 4 is 26.9 Å². The molecular formula is C24H28N2O4S. The van der Waals surface area contributed by atoms with Gasteiger partial charge in [0.2, 0.25) is 15.9 Å². The first kappa shape index (κ1) is 21.6. The molecule has 0 aliphatic carbocycles. The average molecular weight is 441 g/mol. The lowest BCUT2D eigenvalue weighted by molar-refractivity contribution is -0.135. The van der Waals surface area contributed by atoms with E-state index in [0.29, 0.717) is 25.9 Å². The van der Waals surface area contributed by atoms with Crippen LogP contribution in [0.2, 0.25) is 0 Å². The zero-order chi connectivity index (χ0) is 22.0. The summed E-state index contributed by atoms with van der Waals surface area (Å²) in [4.78, 5) is 15.2. The number of aryl methyl sites for hydroxylation is 1. The molecule has 1 aromatic heterocycles. The maximum atomic E-state index is 13.2. The second kappa shape index (κ2) is 8.85. The van der Waals surface area contributed by atoms with Crippen LogP contribution in [0, 0.1) is 5.92 Å². The number of furan rings is 1. The molecule has 3 aromatic rings. The van der Waals surface area contributed by atoms with E-state index in [4.69, 9.17) is 4.42 Å². The van der Waals surface area contributed by atoms with E-state index >= 15 is 0 Å². The molecule has 1 aliphatic rings. The summed E-state index contributed by atoms with van der Waals surface area (Å²) in [6.45, 7) is 3.14. The van der Waals surface area contributed by atoms with E-state index in [1.54, 1.807) is 42.3 Å². The minimum atomic E-state index is -3.60. The Morgan fingerprint density at radius 1 is 1.13 bits per heavy atom. The van der Waals surface area contributed by atoms with Crippen molar-refractivity contribution in [2.75, 3.05) is 20.1 Å². The molecule has 2 heterocycles. The van der Waals surface area contributed by atoms with Crippen molar-refractivity contribution < 1.29 is 17.6 Å². The van der Waals surface area contributed by atoms with E-state index in [9.17, 15) is 13.2 Å². The minimum Gasteiger partial charge on any atom is -0.461 e. The Balaban J connectivity index is 1.51. The van der Waals surface area contributed by atoms with E-state index in [2.05, 4.69) is 0 Å². The van der Waals surface area contributed by atoms with Crippen LogP contribution in [-0.4, -0.2) is 43.7 Å². The summed E-state index contributed by atoms with van der Waals surface area (Å²) >= 11 is 0. The molecule has 1 fully saturated rings. The van der Waals surface area contributed by atoms with Crippen molar-refractivity contribution in [1.82, 2.24) is 9.21 Å². The van der Waals surface area contributed by atoms with E-state index < -0.39 is 10.0 Å². The molecule has 0 N–H and O–H groups in total. The predicted molar refractivity (Wildman–Crippen MR) is 120 cm³/mol. The summed E-state index contributed by atoms with van der Waals surface area (Å²) in [6.07, 6.45) is 2.11. The van der Waals surface area contributed by atoms with Crippen LogP contribution < -0.4 is 0 Å². The Morgan fingerprint density at radius 3 is 2.58 bits per heavy atom. The van der Waals surface area contributed by atoms with Crippen LogP contribution in [0.1, 0.15) is 31.1 Å². The standard InChI is InChI=1S/C24H28N2O4S/c1-3-22-21(20-13-7-8-14-23(20)30-22)17-25(2)24(27)18-10-9-15-26(16-18)31(28,29)19-11-5-4-6-12-19/h4-8,11-14,18H,3,9-10,15-17H2,1-2H3. The molecule has 31 heavy (non-hydrogen) atoms. The van der Waals surface area contributed by atoms with E-state index in [-0.39, 0.29) is 23.3 Å². The summed E-state index contributed by atoms with van der Waals surface area (Å²) in [7, 11) is -1.81. The summed E-state index contributed by atoms with van der Waals surface area (Å²) < 4.78 is 33.4. The zero-order valence-corrected chi connectivity index (χ0v) is 18.8. The third-order valence-corrected chi connectivity index (χ3v) is 7.87. The van der Waals surface area contributed by atoms with Crippen LogP contribution in [0.3, 0.4) is 0 Å². The molecule has 0 bridgehead atoms. The normalized spacial score (nSPS) is 17.7. The fourth-order valence-corrected chi connectivity index (χ4v) is 5.88. The van der Waals surface area contributed by atoms with E-state index in [1.807, 2.05) is 31.2 Å². The lowest BCUT2D eigenvalue weighted by atomic mass is 9.98. The highest BCUT2D eigenvalue weighted by Crippen LogP contribution is 2.29. The van der Waals surface area contributed by atoms with Gasteiger partial charge >= 0.3 is 0 Å². The highest BCUT2D eigenvalue weighted by molar-refractivity contribution is 7.89. The van der Waals surface area contributed by atoms with Crippen molar-refractivity contribution in [3.05, 3.63) is 65.9 Å².